The number of carbonyl (C=O) groups excluding carboxylic acids is 1. The number of para-hydroxylation sites is 1. The van der Waals surface area contributed by atoms with E-state index in [0.717, 1.165) is 48.1 Å². The first-order valence-corrected chi connectivity index (χ1v) is 10.6. The molecule has 0 saturated carbocycles. The van der Waals surface area contributed by atoms with E-state index in [-0.39, 0.29) is 5.91 Å². The molecule has 0 aromatic heterocycles. The smallest absolute Gasteiger partial charge is 0.293 e. The standard InChI is InChI=1S/C23H24ClN3O3/c24-18-6-5-7-19(16-18)26-12-10-25(11-13-26)17-27-21-9-2-1-8-20(21)23(22(27)28)29-14-3-4-15-30-23/h1-9,16H,10-15,17H2. The normalized spacial score (nSPS) is 21.2. The van der Waals surface area contributed by atoms with Gasteiger partial charge >= 0.3 is 0 Å². The number of rotatable bonds is 3. The summed E-state index contributed by atoms with van der Waals surface area (Å²) in [5.74, 6) is -1.49. The summed E-state index contributed by atoms with van der Waals surface area (Å²) in [6.07, 6.45) is 3.78. The molecule has 0 unspecified atom stereocenters. The maximum atomic E-state index is 13.5. The average molecular weight is 426 g/mol. The second kappa shape index (κ2) is 8.04. The minimum absolute atomic E-state index is 0.148. The number of halogens is 1. The Hall–Kier alpha value is -2.38. The van der Waals surface area contributed by atoms with Crippen LogP contribution in [0.25, 0.3) is 0 Å². The van der Waals surface area contributed by atoms with E-state index < -0.39 is 5.79 Å². The van der Waals surface area contributed by atoms with Gasteiger partial charge in [0.05, 0.1) is 25.6 Å². The Labute approximate surface area is 181 Å². The maximum Gasteiger partial charge on any atom is 0.293 e. The predicted molar refractivity (Wildman–Crippen MR) is 117 cm³/mol. The lowest BCUT2D eigenvalue weighted by molar-refractivity contribution is -0.220. The molecule has 0 N–H and O–H groups in total. The van der Waals surface area contributed by atoms with Gasteiger partial charge in [-0.25, -0.2) is 0 Å². The molecule has 5 rings (SSSR count). The first-order chi connectivity index (χ1) is 14.7. The topological polar surface area (TPSA) is 45.3 Å². The largest absolute Gasteiger partial charge is 0.369 e. The second-order valence-corrected chi connectivity index (χ2v) is 8.12. The lowest BCUT2D eigenvalue weighted by Gasteiger charge is -2.38. The van der Waals surface area contributed by atoms with Gasteiger partial charge in [0, 0.05) is 42.5 Å². The fourth-order valence-electron chi connectivity index (χ4n) is 4.34. The summed E-state index contributed by atoms with van der Waals surface area (Å²) in [5.41, 5.74) is 2.79. The van der Waals surface area contributed by atoms with Gasteiger partial charge in [-0.1, -0.05) is 48.0 Å². The molecule has 2 aromatic rings. The quantitative estimate of drug-likeness (QED) is 0.706. The van der Waals surface area contributed by atoms with Crippen molar-refractivity contribution in [2.45, 2.75) is 5.79 Å². The number of nitrogens with zero attached hydrogens (tertiary/aromatic N) is 3. The zero-order valence-electron chi connectivity index (χ0n) is 16.7. The molecule has 0 aliphatic carbocycles. The van der Waals surface area contributed by atoms with E-state index in [2.05, 4.69) is 15.9 Å². The van der Waals surface area contributed by atoms with Crippen LogP contribution in [0, 0.1) is 0 Å². The van der Waals surface area contributed by atoms with Crippen LogP contribution in [-0.4, -0.2) is 56.9 Å². The summed E-state index contributed by atoms with van der Waals surface area (Å²) >= 11 is 6.14. The number of fused-ring (bicyclic) bond motifs is 2. The van der Waals surface area contributed by atoms with E-state index in [9.17, 15) is 4.79 Å². The van der Waals surface area contributed by atoms with Crippen LogP contribution in [0.2, 0.25) is 5.02 Å². The third-order valence-corrected chi connectivity index (χ3v) is 6.13. The Morgan fingerprint density at radius 2 is 1.67 bits per heavy atom. The summed E-state index contributed by atoms with van der Waals surface area (Å²) in [6, 6.07) is 15.7. The van der Waals surface area contributed by atoms with E-state index in [1.165, 1.54) is 0 Å². The first-order valence-electron chi connectivity index (χ1n) is 10.2. The van der Waals surface area contributed by atoms with Crippen molar-refractivity contribution < 1.29 is 14.3 Å². The molecule has 1 spiro atoms. The van der Waals surface area contributed by atoms with Crippen LogP contribution in [0.4, 0.5) is 11.4 Å². The second-order valence-electron chi connectivity index (χ2n) is 7.69. The first kappa shape index (κ1) is 19.6. The van der Waals surface area contributed by atoms with Crippen molar-refractivity contribution in [1.82, 2.24) is 4.90 Å². The molecule has 7 heteroatoms. The summed E-state index contributed by atoms with van der Waals surface area (Å²) in [6.45, 7) is 4.70. The van der Waals surface area contributed by atoms with Gasteiger partial charge in [0.2, 0.25) is 0 Å². The minimum atomic E-state index is -1.34. The number of anilines is 2. The summed E-state index contributed by atoms with van der Waals surface area (Å²) in [4.78, 5) is 19.9. The molecule has 3 aliphatic rings. The highest BCUT2D eigenvalue weighted by molar-refractivity contribution is 6.30. The molecule has 0 radical (unpaired) electrons. The van der Waals surface area contributed by atoms with Gasteiger partial charge < -0.3 is 14.4 Å². The molecule has 1 saturated heterocycles. The van der Waals surface area contributed by atoms with Crippen molar-refractivity contribution in [2.24, 2.45) is 0 Å². The highest BCUT2D eigenvalue weighted by Gasteiger charge is 2.54. The van der Waals surface area contributed by atoms with Crippen LogP contribution < -0.4 is 9.80 Å². The number of piperazine rings is 1. The minimum Gasteiger partial charge on any atom is -0.369 e. The Balaban J connectivity index is 1.31. The van der Waals surface area contributed by atoms with Crippen LogP contribution in [0.3, 0.4) is 0 Å². The lowest BCUT2D eigenvalue weighted by atomic mass is 10.1. The van der Waals surface area contributed by atoms with Crippen molar-refractivity contribution >= 4 is 28.9 Å². The summed E-state index contributed by atoms with van der Waals surface area (Å²) in [7, 11) is 0. The van der Waals surface area contributed by atoms with Gasteiger partial charge in [-0.15, -0.1) is 0 Å². The van der Waals surface area contributed by atoms with Crippen molar-refractivity contribution in [3.05, 3.63) is 71.3 Å². The van der Waals surface area contributed by atoms with E-state index in [1.807, 2.05) is 54.6 Å². The van der Waals surface area contributed by atoms with Gasteiger partial charge in [0.1, 0.15) is 0 Å². The molecular formula is C23H24ClN3O3. The number of ether oxygens (including phenoxy) is 2. The molecule has 2 aromatic carbocycles. The molecule has 30 heavy (non-hydrogen) atoms. The zero-order valence-corrected chi connectivity index (χ0v) is 17.4. The molecule has 0 atom stereocenters. The maximum absolute atomic E-state index is 13.5. The zero-order chi connectivity index (χ0) is 20.6. The van der Waals surface area contributed by atoms with Crippen LogP contribution in [0.15, 0.2) is 60.7 Å². The van der Waals surface area contributed by atoms with Crippen LogP contribution in [0.1, 0.15) is 5.56 Å². The van der Waals surface area contributed by atoms with Gasteiger partial charge in [-0.2, -0.15) is 0 Å². The fourth-order valence-corrected chi connectivity index (χ4v) is 4.52. The fraction of sp³-hybridized carbons (Fsp3) is 0.348. The van der Waals surface area contributed by atoms with E-state index in [0.29, 0.717) is 19.9 Å². The number of amides is 1. The van der Waals surface area contributed by atoms with Crippen molar-refractivity contribution in [2.75, 3.05) is 55.9 Å². The third-order valence-electron chi connectivity index (χ3n) is 5.90. The molecule has 0 bridgehead atoms. The number of hydrogen-bond donors (Lipinski definition) is 0. The van der Waals surface area contributed by atoms with Crippen molar-refractivity contribution in [3.8, 4) is 0 Å². The predicted octanol–water partition coefficient (Wildman–Crippen LogP) is 3.22. The molecule has 3 aliphatic heterocycles. The van der Waals surface area contributed by atoms with Gasteiger partial charge in [0.15, 0.2) is 0 Å². The van der Waals surface area contributed by atoms with Gasteiger partial charge in [0.25, 0.3) is 11.7 Å². The Morgan fingerprint density at radius 1 is 0.933 bits per heavy atom. The molecule has 3 heterocycles. The van der Waals surface area contributed by atoms with E-state index >= 15 is 0 Å². The molecule has 1 amide bonds. The Kier molecular flexibility index (Phi) is 5.25. The molecular weight excluding hydrogens is 402 g/mol. The number of benzene rings is 2. The Morgan fingerprint density at radius 3 is 2.40 bits per heavy atom. The average Bonchev–Trinajstić information content (AvgIpc) is 2.94. The van der Waals surface area contributed by atoms with E-state index in [4.69, 9.17) is 21.1 Å². The monoisotopic (exact) mass is 425 g/mol. The van der Waals surface area contributed by atoms with Gasteiger partial charge in [-0.05, 0) is 24.3 Å². The van der Waals surface area contributed by atoms with E-state index in [1.54, 1.807) is 4.90 Å². The van der Waals surface area contributed by atoms with Crippen molar-refractivity contribution in [1.29, 1.82) is 0 Å². The highest BCUT2D eigenvalue weighted by atomic mass is 35.5. The number of hydrogen-bond acceptors (Lipinski definition) is 5. The number of carbonyl (C=O) groups is 1. The summed E-state index contributed by atoms with van der Waals surface area (Å²) < 4.78 is 11.9. The molecule has 6 nitrogen and oxygen atoms in total. The summed E-state index contributed by atoms with van der Waals surface area (Å²) in [5, 5.41) is 0.748. The van der Waals surface area contributed by atoms with Crippen LogP contribution in [-0.2, 0) is 20.1 Å². The molecule has 1 fully saturated rings. The van der Waals surface area contributed by atoms with Crippen LogP contribution >= 0.6 is 11.6 Å². The highest BCUT2D eigenvalue weighted by Crippen LogP contribution is 2.44. The molecule has 156 valence electrons. The third kappa shape index (κ3) is 3.40. The lowest BCUT2D eigenvalue weighted by Crippen LogP contribution is -2.53. The van der Waals surface area contributed by atoms with Crippen molar-refractivity contribution in [3.63, 3.8) is 0 Å². The van der Waals surface area contributed by atoms with Crippen LogP contribution in [0.5, 0.6) is 0 Å². The SMILES string of the molecule is O=C1N(CN2CCN(c3cccc(Cl)c3)CC2)c2ccccc2C12OCC=CCO2. The van der Waals surface area contributed by atoms with Gasteiger partial charge in [-0.3, -0.25) is 14.6 Å². The Bertz CT molecular complexity index is 962.